The first-order chi connectivity index (χ1) is 15.1. The highest BCUT2D eigenvalue weighted by Crippen LogP contribution is 2.53. The molecule has 0 bridgehead atoms. The Bertz CT molecular complexity index is 1360. The van der Waals surface area contributed by atoms with E-state index in [9.17, 15) is 0 Å². The van der Waals surface area contributed by atoms with Crippen LogP contribution in [0.5, 0.6) is 11.5 Å². The van der Waals surface area contributed by atoms with Gasteiger partial charge in [0.25, 0.3) is 0 Å². The number of hydrogen-bond donors (Lipinski definition) is 0. The summed E-state index contributed by atoms with van der Waals surface area (Å²) in [6, 6.07) is 17.3. The number of ether oxygens (including phenoxy) is 1. The van der Waals surface area contributed by atoms with Gasteiger partial charge in [-0.15, -0.1) is 0 Å². The van der Waals surface area contributed by atoms with E-state index in [0.717, 1.165) is 33.8 Å². The van der Waals surface area contributed by atoms with Crippen molar-refractivity contribution < 1.29 is 4.74 Å². The summed E-state index contributed by atoms with van der Waals surface area (Å²) in [7, 11) is 0. The highest BCUT2D eigenvalue weighted by atomic mass is 16.5. The summed E-state index contributed by atoms with van der Waals surface area (Å²) in [5, 5.41) is 2.21. The maximum absolute atomic E-state index is 6.51. The molecule has 1 aliphatic rings. The van der Waals surface area contributed by atoms with Gasteiger partial charge in [-0.2, -0.15) is 0 Å². The first-order valence-electron chi connectivity index (χ1n) is 11.2. The lowest BCUT2D eigenvalue weighted by Gasteiger charge is -2.35. The Labute approximate surface area is 190 Å². The van der Waals surface area contributed by atoms with Crippen LogP contribution in [0.3, 0.4) is 0 Å². The number of nitrogens with zero attached hydrogens (tertiary/aromatic N) is 2. The average Bonchev–Trinajstić information content (AvgIpc) is 2.72. The summed E-state index contributed by atoms with van der Waals surface area (Å²) in [4.78, 5) is 7.24. The first-order valence-corrected chi connectivity index (χ1v) is 11.2. The van der Waals surface area contributed by atoms with Crippen LogP contribution in [-0.2, 0) is 5.41 Å². The Kier molecular flexibility index (Phi) is 4.56. The molecule has 3 heteroatoms. The van der Waals surface area contributed by atoms with Gasteiger partial charge in [0.2, 0.25) is 0 Å². The van der Waals surface area contributed by atoms with Crippen molar-refractivity contribution in [2.24, 2.45) is 0 Å². The average molecular weight is 423 g/mol. The molecule has 0 radical (unpaired) electrons. The fourth-order valence-corrected chi connectivity index (χ4v) is 4.70. The van der Waals surface area contributed by atoms with E-state index in [4.69, 9.17) is 9.72 Å². The van der Waals surface area contributed by atoms with Gasteiger partial charge in [0.15, 0.2) is 17.3 Å². The van der Waals surface area contributed by atoms with Crippen molar-refractivity contribution in [1.29, 1.82) is 0 Å². The molecule has 0 N–H and O–H groups in total. The van der Waals surface area contributed by atoms with E-state index in [2.05, 4.69) is 102 Å². The number of anilines is 3. The summed E-state index contributed by atoms with van der Waals surface area (Å²) in [6.07, 6.45) is 1.98. The molecule has 0 aliphatic carbocycles. The molecule has 0 saturated carbocycles. The summed E-state index contributed by atoms with van der Waals surface area (Å²) in [6.45, 7) is 15.4. The predicted molar refractivity (Wildman–Crippen MR) is 134 cm³/mol. The number of pyridine rings is 1. The number of rotatable bonds is 1. The zero-order chi connectivity index (χ0) is 22.8. The van der Waals surface area contributed by atoms with Gasteiger partial charge in [0, 0.05) is 17.0 Å². The van der Waals surface area contributed by atoms with Crippen molar-refractivity contribution in [3.63, 3.8) is 0 Å². The lowest BCUT2D eigenvalue weighted by molar-refractivity contribution is 0.479. The molecule has 3 aromatic carbocycles. The van der Waals surface area contributed by atoms with Gasteiger partial charge in [0.1, 0.15) is 0 Å². The first kappa shape index (κ1) is 20.6. The second-order valence-electron chi connectivity index (χ2n) is 10.1. The van der Waals surface area contributed by atoms with Crippen molar-refractivity contribution in [2.45, 2.75) is 53.9 Å². The maximum atomic E-state index is 6.51. The normalized spacial score (nSPS) is 13.0. The minimum absolute atomic E-state index is 0.0947. The third-order valence-electron chi connectivity index (χ3n) is 6.45. The van der Waals surface area contributed by atoms with Gasteiger partial charge in [0.05, 0.1) is 11.4 Å². The molecule has 3 nitrogen and oxygen atoms in total. The molecule has 0 atom stereocenters. The fourth-order valence-electron chi connectivity index (χ4n) is 4.70. The van der Waals surface area contributed by atoms with Crippen LogP contribution in [0, 0.1) is 27.7 Å². The highest BCUT2D eigenvalue weighted by molar-refractivity contribution is 5.99. The minimum atomic E-state index is 0.0947. The Morgan fingerprint density at radius 2 is 1.53 bits per heavy atom. The number of benzene rings is 3. The number of hydrogen-bond acceptors (Lipinski definition) is 3. The van der Waals surface area contributed by atoms with Crippen LogP contribution in [0.1, 0.15) is 48.6 Å². The van der Waals surface area contributed by atoms with Gasteiger partial charge in [-0.3, -0.25) is 4.90 Å². The van der Waals surface area contributed by atoms with E-state index in [1.807, 2.05) is 6.20 Å². The third-order valence-corrected chi connectivity index (χ3v) is 6.45. The van der Waals surface area contributed by atoms with E-state index < -0.39 is 0 Å². The van der Waals surface area contributed by atoms with Crippen molar-refractivity contribution in [3.8, 4) is 11.5 Å². The standard InChI is InChI=1S/C29H30N2O/c1-17-11-12-25-24(13-17)31(26-19(3)14-21(15-20(26)4)29(5,6)7)28-27(32-25)22-10-8-9-18(2)23(22)16-30-28/h8-16H,1-7H3. The van der Waals surface area contributed by atoms with Gasteiger partial charge in [-0.1, -0.05) is 57.2 Å². The number of fused-ring (bicyclic) bond motifs is 4. The van der Waals surface area contributed by atoms with E-state index >= 15 is 0 Å². The largest absolute Gasteiger partial charge is 0.451 e. The molecule has 32 heavy (non-hydrogen) atoms. The summed E-state index contributed by atoms with van der Waals surface area (Å²) < 4.78 is 6.51. The van der Waals surface area contributed by atoms with Gasteiger partial charge >= 0.3 is 0 Å². The molecule has 0 unspecified atom stereocenters. The fraction of sp³-hybridized carbons (Fsp3) is 0.276. The SMILES string of the molecule is Cc1ccc2c(c1)N(c1c(C)cc(C(C)(C)C)cc1C)c1ncc3c(C)cccc3c1O2. The topological polar surface area (TPSA) is 25.4 Å². The Balaban J connectivity index is 1.83. The van der Waals surface area contributed by atoms with Gasteiger partial charge in [-0.25, -0.2) is 4.98 Å². The van der Waals surface area contributed by atoms with E-state index in [1.165, 1.54) is 33.5 Å². The molecule has 162 valence electrons. The van der Waals surface area contributed by atoms with Gasteiger partial charge < -0.3 is 4.74 Å². The second-order valence-corrected chi connectivity index (χ2v) is 10.1. The van der Waals surface area contributed by atoms with Crippen molar-refractivity contribution in [3.05, 3.63) is 82.5 Å². The number of aromatic nitrogens is 1. The van der Waals surface area contributed by atoms with Crippen LogP contribution in [0.25, 0.3) is 10.8 Å². The number of aryl methyl sites for hydroxylation is 4. The van der Waals surface area contributed by atoms with E-state index in [0.29, 0.717) is 0 Å². The molecular formula is C29H30N2O. The molecule has 5 rings (SSSR count). The zero-order valence-corrected chi connectivity index (χ0v) is 20.0. The predicted octanol–water partition coefficient (Wildman–Crippen LogP) is 8.34. The highest BCUT2D eigenvalue weighted by Gasteiger charge is 2.31. The molecular weight excluding hydrogens is 392 g/mol. The molecule has 4 aromatic rings. The van der Waals surface area contributed by atoms with Crippen LogP contribution < -0.4 is 9.64 Å². The maximum Gasteiger partial charge on any atom is 0.182 e. The van der Waals surface area contributed by atoms with Crippen LogP contribution in [0.2, 0.25) is 0 Å². The van der Waals surface area contributed by atoms with Crippen molar-refractivity contribution >= 4 is 28.0 Å². The molecule has 1 aliphatic heterocycles. The summed E-state index contributed by atoms with van der Waals surface area (Å²) >= 11 is 0. The lowest BCUT2D eigenvalue weighted by atomic mass is 9.84. The molecule has 2 heterocycles. The van der Waals surface area contributed by atoms with Crippen LogP contribution in [-0.4, -0.2) is 4.98 Å². The molecule has 0 fully saturated rings. The van der Waals surface area contributed by atoms with Crippen molar-refractivity contribution in [2.75, 3.05) is 4.90 Å². The summed E-state index contributed by atoms with van der Waals surface area (Å²) in [5.74, 6) is 2.52. The third kappa shape index (κ3) is 3.15. The minimum Gasteiger partial charge on any atom is -0.451 e. The molecule has 0 saturated heterocycles. The Hall–Kier alpha value is -3.33. The van der Waals surface area contributed by atoms with Gasteiger partial charge in [-0.05, 0) is 73.1 Å². The van der Waals surface area contributed by atoms with Crippen LogP contribution >= 0.6 is 0 Å². The lowest BCUT2D eigenvalue weighted by Crippen LogP contribution is -2.20. The smallest absolute Gasteiger partial charge is 0.182 e. The molecule has 0 amide bonds. The monoisotopic (exact) mass is 422 g/mol. The van der Waals surface area contributed by atoms with Crippen LogP contribution in [0.15, 0.2) is 54.7 Å². The zero-order valence-electron chi connectivity index (χ0n) is 20.0. The quantitative estimate of drug-likeness (QED) is 0.271. The second kappa shape index (κ2) is 7.09. The van der Waals surface area contributed by atoms with Crippen molar-refractivity contribution in [1.82, 2.24) is 4.98 Å². The Morgan fingerprint density at radius 3 is 2.22 bits per heavy atom. The Morgan fingerprint density at radius 1 is 0.812 bits per heavy atom. The van der Waals surface area contributed by atoms with E-state index in [1.54, 1.807) is 0 Å². The summed E-state index contributed by atoms with van der Waals surface area (Å²) in [5.41, 5.74) is 8.51. The van der Waals surface area contributed by atoms with Crippen LogP contribution in [0.4, 0.5) is 17.2 Å². The molecule has 0 spiro atoms. The van der Waals surface area contributed by atoms with E-state index in [-0.39, 0.29) is 5.41 Å². The molecule has 1 aromatic heterocycles.